The molecule has 3 rings (SSSR count). The minimum Gasteiger partial charge on any atom is -0.492 e. The van der Waals surface area contributed by atoms with E-state index in [0.29, 0.717) is 24.7 Å². The molecule has 6 heteroatoms. The van der Waals surface area contributed by atoms with Crippen molar-refractivity contribution in [2.75, 3.05) is 6.61 Å². The third kappa shape index (κ3) is 3.31. The van der Waals surface area contributed by atoms with E-state index in [-0.39, 0.29) is 22.4 Å². The first-order valence-corrected chi connectivity index (χ1v) is 7.10. The molecule has 0 saturated heterocycles. The maximum Gasteiger partial charge on any atom is 0.339 e. The Morgan fingerprint density at radius 2 is 1.78 bits per heavy atom. The zero-order valence-corrected chi connectivity index (χ0v) is 12.0. The molecule has 3 nitrogen and oxygen atoms in total. The largest absolute Gasteiger partial charge is 0.492 e. The minimum absolute atomic E-state index is 0.137. The van der Waals surface area contributed by atoms with Gasteiger partial charge in [0.2, 0.25) is 0 Å². The van der Waals surface area contributed by atoms with Gasteiger partial charge >= 0.3 is 5.97 Å². The van der Waals surface area contributed by atoms with E-state index in [9.17, 15) is 23.1 Å². The van der Waals surface area contributed by atoms with Crippen molar-refractivity contribution in [3.05, 3.63) is 53.3 Å². The second-order valence-corrected chi connectivity index (χ2v) is 5.52. The summed E-state index contributed by atoms with van der Waals surface area (Å²) < 4.78 is 45.6. The molecule has 0 bridgehead atoms. The van der Waals surface area contributed by atoms with Crippen molar-refractivity contribution >= 4 is 5.97 Å². The van der Waals surface area contributed by atoms with Crippen molar-refractivity contribution < 1.29 is 27.8 Å². The highest BCUT2D eigenvalue weighted by molar-refractivity contribution is 5.92. The van der Waals surface area contributed by atoms with Crippen LogP contribution in [0, 0.1) is 23.4 Å². The highest BCUT2D eigenvalue weighted by atomic mass is 19.2. The van der Waals surface area contributed by atoms with Crippen LogP contribution in [0.2, 0.25) is 0 Å². The van der Waals surface area contributed by atoms with Crippen LogP contribution in [0.5, 0.6) is 5.75 Å². The van der Waals surface area contributed by atoms with Crippen LogP contribution in [0.1, 0.15) is 23.2 Å². The Labute approximate surface area is 130 Å². The second kappa shape index (κ2) is 5.95. The molecule has 120 valence electrons. The fourth-order valence-electron chi connectivity index (χ4n) is 2.23. The van der Waals surface area contributed by atoms with Gasteiger partial charge < -0.3 is 9.84 Å². The molecule has 0 spiro atoms. The maximum absolute atomic E-state index is 13.8. The van der Waals surface area contributed by atoms with E-state index < -0.39 is 23.4 Å². The van der Waals surface area contributed by atoms with E-state index in [4.69, 9.17) is 4.74 Å². The SMILES string of the molecule is O=C(O)c1cc(-c2cc(F)c(F)cc2F)ccc1OCC1CC1. The van der Waals surface area contributed by atoms with Crippen LogP contribution in [0.4, 0.5) is 13.2 Å². The second-order valence-electron chi connectivity index (χ2n) is 5.52. The molecule has 1 aliphatic rings. The van der Waals surface area contributed by atoms with E-state index in [0.717, 1.165) is 12.8 Å². The van der Waals surface area contributed by atoms with Crippen molar-refractivity contribution in [1.29, 1.82) is 0 Å². The van der Waals surface area contributed by atoms with Crippen LogP contribution in [0.15, 0.2) is 30.3 Å². The van der Waals surface area contributed by atoms with Gasteiger partial charge in [-0.05, 0) is 42.5 Å². The molecule has 0 heterocycles. The monoisotopic (exact) mass is 322 g/mol. The zero-order valence-electron chi connectivity index (χ0n) is 12.0. The fraction of sp³-hybridized carbons (Fsp3) is 0.235. The number of carboxylic acids is 1. The Morgan fingerprint density at radius 1 is 1.09 bits per heavy atom. The molecule has 1 N–H and O–H groups in total. The molecule has 2 aromatic rings. The van der Waals surface area contributed by atoms with Crippen LogP contribution >= 0.6 is 0 Å². The topological polar surface area (TPSA) is 46.5 Å². The predicted octanol–water partition coefficient (Wildman–Crippen LogP) is 4.26. The van der Waals surface area contributed by atoms with Crippen molar-refractivity contribution in [1.82, 2.24) is 0 Å². The van der Waals surface area contributed by atoms with Crippen LogP contribution in [0.25, 0.3) is 11.1 Å². The molecule has 1 saturated carbocycles. The summed E-state index contributed by atoms with van der Waals surface area (Å²) in [5.74, 6) is -4.08. The summed E-state index contributed by atoms with van der Waals surface area (Å²) in [6, 6.07) is 5.16. The van der Waals surface area contributed by atoms with Gasteiger partial charge in [-0.3, -0.25) is 0 Å². The molecule has 0 atom stereocenters. The quantitative estimate of drug-likeness (QED) is 0.837. The molecule has 0 aromatic heterocycles. The minimum atomic E-state index is -1.30. The van der Waals surface area contributed by atoms with Gasteiger partial charge in [-0.25, -0.2) is 18.0 Å². The first-order chi connectivity index (χ1) is 11.0. The van der Waals surface area contributed by atoms with Crippen LogP contribution < -0.4 is 4.74 Å². The summed E-state index contributed by atoms with van der Waals surface area (Å²) in [6.07, 6.45) is 2.11. The van der Waals surface area contributed by atoms with Gasteiger partial charge in [-0.15, -0.1) is 0 Å². The number of carboxylic acid groups (broad SMARTS) is 1. The van der Waals surface area contributed by atoms with Gasteiger partial charge in [0.1, 0.15) is 17.1 Å². The molecule has 0 radical (unpaired) electrons. The van der Waals surface area contributed by atoms with Gasteiger partial charge in [-0.1, -0.05) is 6.07 Å². The van der Waals surface area contributed by atoms with E-state index >= 15 is 0 Å². The molecule has 1 aliphatic carbocycles. The van der Waals surface area contributed by atoms with Crippen molar-refractivity contribution in [2.45, 2.75) is 12.8 Å². The van der Waals surface area contributed by atoms with Gasteiger partial charge in [0.25, 0.3) is 0 Å². The number of aromatic carboxylic acids is 1. The van der Waals surface area contributed by atoms with Gasteiger partial charge in [0, 0.05) is 11.6 Å². The number of rotatable bonds is 5. The third-order valence-corrected chi connectivity index (χ3v) is 3.70. The standard InChI is InChI=1S/C17H13F3O3/c18-13-7-15(20)14(19)6-11(13)10-3-4-16(12(5-10)17(21)22)23-8-9-1-2-9/h3-7,9H,1-2,8H2,(H,21,22). The highest BCUT2D eigenvalue weighted by Crippen LogP contribution is 2.33. The maximum atomic E-state index is 13.8. The lowest BCUT2D eigenvalue weighted by atomic mass is 10.0. The third-order valence-electron chi connectivity index (χ3n) is 3.70. The van der Waals surface area contributed by atoms with Crippen molar-refractivity contribution in [3.8, 4) is 16.9 Å². The lowest BCUT2D eigenvalue weighted by Crippen LogP contribution is -2.06. The summed E-state index contributed by atoms with van der Waals surface area (Å²) in [5.41, 5.74) is -0.218. The van der Waals surface area contributed by atoms with Crippen LogP contribution in [-0.4, -0.2) is 17.7 Å². The van der Waals surface area contributed by atoms with Crippen molar-refractivity contribution in [2.24, 2.45) is 5.92 Å². The smallest absolute Gasteiger partial charge is 0.339 e. The molecule has 2 aromatic carbocycles. The Hall–Kier alpha value is -2.50. The fourth-order valence-corrected chi connectivity index (χ4v) is 2.23. The molecule has 1 fully saturated rings. The lowest BCUT2D eigenvalue weighted by Gasteiger charge is -2.11. The molecule has 0 amide bonds. The van der Waals surface area contributed by atoms with E-state index in [1.807, 2.05) is 0 Å². The summed E-state index contributed by atoms with van der Waals surface area (Å²) in [4.78, 5) is 11.4. The Balaban J connectivity index is 1.98. The predicted molar refractivity (Wildman–Crippen MR) is 76.9 cm³/mol. The molecular formula is C17H13F3O3. The number of hydrogen-bond acceptors (Lipinski definition) is 2. The van der Waals surface area contributed by atoms with Gasteiger partial charge in [0.05, 0.1) is 6.61 Å². The van der Waals surface area contributed by atoms with Gasteiger partial charge in [-0.2, -0.15) is 0 Å². The van der Waals surface area contributed by atoms with Crippen LogP contribution in [0.3, 0.4) is 0 Å². The highest BCUT2D eigenvalue weighted by Gasteiger charge is 2.23. The summed E-state index contributed by atoms with van der Waals surface area (Å²) in [6.45, 7) is 0.430. The van der Waals surface area contributed by atoms with Gasteiger partial charge in [0.15, 0.2) is 11.6 Å². The molecule has 0 unspecified atom stereocenters. The first kappa shape index (κ1) is 15.4. The molecule has 0 aliphatic heterocycles. The van der Waals surface area contributed by atoms with Crippen LogP contribution in [-0.2, 0) is 0 Å². The average molecular weight is 322 g/mol. The molecular weight excluding hydrogens is 309 g/mol. The number of ether oxygens (including phenoxy) is 1. The summed E-state index contributed by atoms with van der Waals surface area (Å²) in [7, 11) is 0. The van der Waals surface area contributed by atoms with E-state index in [1.165, 1.54) is 18.2 Å². The normalized spacial score (nSPS) is 13.9. The Kier molecular flexibility index (Phi) is 3.98. The average Bonchev–Trinajstić information content (AvgIpc) is 3.33. The lowest BCUT2D eigenvalue weighted by molar-refractivity contribution is 0.0692. The van der Waals surface area contributed by atoms with E-state index in [2.05, 4.69) is 0 Å². The Bertz CT molecular complexity index is 770. The number of hydrogen-bond donors (Lipinski definition) is 1. The first-order valence-electron chi connectivity index (χ1n) is 7.10. The zero-order chi connectivity index (χ0) is 16.6. The number of benzene rings is 2. The van der Waals surface area contributed by atoms with E-state index in [1.54, 1.807) is 0 Å². The Morgan fingerprint density at radius 3 is 2.43 bits per heavy atom. The molecule has 23 heavy (non-hydrogen) atoms. The number of carbonyl (C=O) groups is 1. The number of halogens is 3. The van der Waals surface area contributed by atoms with Crippen molar-refractivity contribution in [3.63, 3.8) is 0 Å². The summed E-state index contributed by atoms with van der Waals surface area (Å²) >= 11 is 0. The summed E-state index contributed by atoms with van der Waals surface area (Å²) in [5, 5.41) is 9.28.